The van der Waals surface area contributed by atoms with Crippen LogP contribution in [0.3, 0.4) is 0 Å². The van der Waals surface area contributed by atoms with E-state index in [1.165, 1.54) is 0 Å². The molecule has 0 amide bonds. The first kappa shape index (κ1) is 9.18. The van der Waals surface area contributed by atoms with Crippen molar-refractivity contribution in [2.75, 3.05) is 18.0 Å². The standard InChI is InChI=1S/C7H10ClN3OS/c8-6-7(10-13-9-6)11-3-1-2-5(12)4-11/h5,12H,1-4H2/t5-/m0/s1. The predicted octanol–water partition coefficient (Wildman–Crippen LogP) is 1.15. The quantitative estimate of drug-likeness (QED) is 0.770. The van der Waals surface area contributed by atoms with E-state index in [4.69, 9.17) is 11.6 Å². The molecule has 0 aromatic carbocycles. The molecule has 0 bridgehead atoms. The maximum Gasteiger partial charge on any atom is 0.187 e. The van der Waals surface area contributed by atoms with Gasteiger partial charge in [0.15, 0.2) is 11.0 Å². The molecular weight excluding hydrogens is 210 g/mol. The monoisotopic (exact) mass is 219 g/mol. The maximum atomic E-state index is 9.44. The topological polar surface area (TPSA) is 49.2 Å². The van der Waals surface area contributed by atoms with E-state index in [0.717, 1.165) is 31.1 Å². The molecule has 72 valence electrons. The van der Waals surface area contributed by atoms with Gasteiger partial charge in [-0.3, -0.25) is 0 Å². The van der Waals surface area contributed by atoms with Crippen molar-refractivity contribution in [3.8, 4) is 0 Å². The zero-order chi connectivity index (χ0) is 9.26. The van der Waals surface area contributed by atoms with Crippen molar-refractivity contribution >= 4 is 29.1 Å². The van der Waals surface area contributed by atoms with Gasteiger partial charge in [0, 0.05) is 13.1 Å². The van der Waals surface area contributed by atoms with Crippen molar-refractivity contribution in [1.29, 1.82) is 0 Å². The number of nitrogens with zero attached hydrogens (tertiary/aromatic N) is 3. The highest BCUT2D eigenvalue weighted by molar-refractivity contribution is 6.99. The van der Waals surface area contributed by atoms with Crippen molar-refractivity contribution in [1.82, 2.24) is 8.75 Å². The number of aromatic nitrogens is 2. The van der Waals surface area contributed by atoms with Crippen LogP contribution in [-0.2, 0) is 0 Å². The number of β-amino-alcohol motifs (C(OH)–C–C–N with tert-alkyl or cyclic N) is 1. The molecule has 1 aliphatic rings. The molecule has 6 heteroatoms. The van der Waals surface area contributed by atoms with E-state index < -0.39 is 0 Å². The Labute approximate surface area is 85.5 Å². The molecule has 2 heterocycles. The molecule has 1 saturated heterocycles. The van der Waals surface area contributed by atoms with Crippen LogP contribution in [0.4, 0.5) is 5.82 Å². The first-order valence-corrected chi connectivity index (χ1v) is 5.29. The van der Waals surface area contributed by atoms with Gasteiger partial charge in [0.2, 0.25) is 0 Å². The van der Waals surface area contributed by atoms with Crippen LogP contribution in [0, 0.1) is 0 Å². The predicted molar refractivity (Wildman–Crippen MR) is 52.4 cm³/mol. The molecule has 0 aliphatic carbocycles. The fourth-order valence-electron chi connectivity index (χ4n) is 1.51. The van der Waals surface area contributed by atoms with E-state index in [1.54, 1.807) is 0 Å². The molecule has 0 unspecified atom stereocenters. The van der Waals surface area contributed by atoms with E-state index in [-0.39, 0.29) is 6.10 Å². The average Bonchev–Trinajstić information content (AvgIpc) is 2.51. The Balaban J connectivity index is 2.12. The van der Waals surface area contributed by atoms with Crippen LogP contribution < -0.4 is 4.90 Å². The molecule has 1 aromatic rings. The zero-order valence-corrected chi connectivity index (χ0v) is 8.55. The summed E-state index contributed by atoms with van der Waals surface area (Å²) >= 11 is 6.94. The first-order chi connectivity index (χ1) is 6.27. The average molecular weight is 220 g/mol. The maximum absolute atomic E-state index is 9.44. The van der Waals surface area contributed by atoms with Gasteiger partial charge in [0.1, 0.15) is 0 Å². The van der Waals surface area contributed by atoms with Crippen LogP contribution in [0.25, 0.3) is 0 Å². The van der Waals surface area contributed by atoms with E-state index in [2.05, 4.69) is 8.75 Å². The molecule has 2 rings (SSSR count). The lowest BCUT2D eigenvalue weighted by atomic mass is 10.1. The second-order valence-corrected chi connectivity index (χ2v) is 4.01. The Bertz CT molecular complexity index is 293. The molecule has 1 aliphatic heterocycles. The van der Waals surface area contributed by atoms with Crippen LogP contribution in [0.1, 0.15) is 12.8 Å². The molecule has 1 atom stereocenters. The van der Waals surface area contributed by atoms with Crippen molar-refractivity contribution in [3.05, 3.63) is 5.15 Å². The van der Waals surface area contributed by atoms with Gasteiger partial charge in [-0.1, -0.05) is 11.6 Å². The fourth-order valence-corrected chi connectivity index (χ4v) is 2.29. The Hall–Kier alpha value is -0.390. The molecule has 1 aromatic heterocycles. The number of piperidine rings is 1. The highest BCUT2D eigenvalue weighted by Crippen LogP contribution is 2.25. The van der Waals surface area contributed by atoms with Gasteiger partial charge < -0.3 is 10.0 Å². The number of anilines is 1. The lowest BCUT2D eigenvalue weighted by Crippen LogP contribution is -2.38. The lowest BCUT2D eigenvalue weighted by Gasteiger charge is -2.29. The summed E-state index contributed by atoms with van der Waals surface area (Å²) in [6, 6.07) is 0. The molecule has 0 radical (unpaired) electrons. The number of aliphatic hydroxyl groups excluding tert-OH is 1. The van der Waals surface area contributed by atoms with Gasteiger partial charge in [0.05, 0.1) is 17.8 Å². The van der Waals surface area contributed by atoms with E-state index in [0.29, 0.717) is 17.5 Å². The summed E-state index contributed by atoms with van der Waals surface area (Å²) in [6.07, 6.45) is 1.59. The Kier molecular flexibility index (Phi) is 2.66. The van der Waals surface area contributed by atoms with Crippen molar-refractivity contribution in [2.45, 2.75) is 18.9 Å². The molecule has 1 fully saturated rings. The van der Waals surface area contributed by atoms with Crippen LogP contribution >= 0.6 is 23.3 Å². The second kappa shape index (κ2) is 3.77. The third-order valence-corrected chi connectivity index (χ3v) is 3.00. The van der Waals surface area contributed by atoms with Crippen molar-refractivity contribution < 1.29 is 5.11 Å². The lowest BCUT2D eigenvalue weighted by molar-refractivity contribution is 0.154. The summed E-state index contributed by atoms with van der Waals surface area (Å²) in [5.41, 5.74) is 0. The summed E-state index contributed by atoms with van der Waals surface area (Å²) in [5.74, 6) is 0.713. The highest BCUT2D eigenvalue weighted by Gasteiger charge is 2.21. The van der Waals surface area contributed by atoms with Gasteiger partial charge in [-0.05, 0) is 12.8 Å². The minimum Gasteiger partial charge on any atom is -0.391 e. The molecule has 0 spiro atoms. The first-order valence-electron chi connectivity index (χ1n) is 4.18. The largest absolute Gasteiger partial charge is 0.391 e. The Morgan fingerprint density at radius 1 is 1.54 bits per heavy atom. The Morgan fingerprint density at radius 2 is 2.38 bits per heavy atom. The van der Waals surface area contributed by atoms with Crippen LogP contribution in [0.15, 0.2) is 0 Å². The zero-order valence-electron chi connectivity index (χ0n) is 6.98. The van der Waals surface area contributed by atoms with Crippen LogP contribution in [0.2, 0.25) is 5.15 Å². The highest BCUT2D eigenvalue weighted by atomic mass is 35.5. The van der Waals surface area contributed by atoms with Gasteiger partial charge in [-0.15, -0.1) is 0 Å². The van der Waals surface area contributed by atoms with Crippen molar-refractivity contribution in [2.24, 2.45) is 0 Å². The SMILES string of the molecule is O[C@H]1CCCN(c2nsnc2Cl)C1. The number of rotatable bonds is 1. The van der Waals surface area contributed by atoms with Crippen molar-refractivity contribution in [3.63, 3.8) is 0 Å². The molecule has 4 nitrogen and oxygen atoms in total. The third-order valence-electron chi connectivity index (χ3n) is 2.13. The van der Waals surface area contributed by atoms with Gasteiger partial charge in [-0.25, -0.2) is 0 Å². The molecule has 13 heavy (non-hydrogen) atoms. The van der Waals surface area contributed by atoms with Gasteiger partial charge in [-0.2, -0.15) is 8.75 Å². The summed E-state index contributed by atoms with van der Waals surface area (Å²) in [6.45, 7) is 1.52. The van der Waals surface area contributed by atoms with Crippen LogP contribution in [0.5, 0.6) is 0 Å². The van der Waals surface area contributed by atoms with E-state index in [9.17, 15) is 5.11 Å². The summed E-state index contributed by atoms with van der Waals surface area (Å²) in [5, 5.41) is 9.88. The minimum absolute atomic E-state index is 0.258. The van der Waals surface area contributed by atoms with Crippen LogP contribution in [-0.4, -0.2) is 33.0 Å². The number of hydrogen-bond acceptors (Lipinski definition) is 5. The van der Waals surface area contributed by atoms with Gasteiger partial charge in [0.25, 0.3) is 0 Å². The third kappa shape index (κ3) is 1.92. The number of halogens is 1. The molecular formula is C7H10ClN3OS. The summed E-state index contributed by atoms with van der Waals surface area (Å²) < 4.78 is 7.98. The number of aliphatic hydroxyl groups is 1. The van der Waals surface area contributed by atoms with Gasteiger partial charge >= 0.3 is 0 Å². The normalized spacial score (nSPS) is 23.5. The second-order valence-electron chi connectivity index (χ2n) is 3.12. The molecule has 1 N–H and O–H groups in total. The smallest absolute Gasteiger partial charge is 0.187 e. The number of hydrogen-bond donors (Lipinski definition) is 1. The summed E-state index contributed by atoms with van der Waals surface area (Å²) in [7, 11) is 0. The minimum atomic E-state index is -0.258. The van der Waals surface area contributed by atoms with E-state index >= 15 is 0 Å². The Morgan fingerprint density at radius 3 is 3.00 bits per heavy atom. The fraction of sp³-hybridized carbons (Fsp3) is 0.714. The summed E-state index contributed by atoms with van der Waals surface area (Å²) in [4.78, 5) is 1.99. The van der Waals surface area contributed by atoms with E-state index in [1.807, 2.05) is 4.90 Å². The molecule has 0 saturated carbocycles.